The molecule has 0 saturated heterocycles. The first-order chi connectivity index (χ1) is 6.61. The van der Waals surface area contributed by atoms with Crippen LogP contribution >= 0.6 is 0 Å². The van der Waals surface area contributed by atoms with Crippen molar-refractivity contribution < 1.29 is 8.78 Å². The summed E-state index contributed by atoms with van der Waals surface area (Å²) in [7, 11) is 0. The number of pyridine rings is 1. The molecule has 4 N–H and O–H groups in total. The van der Waals surface area contributed by atoms with E-state index in [-0.39, 0.29) is 29.1 Å². The quantitative estimate of drug-likeness (QED) is 0.739. The van der Waals surface area contributed by atoms with Crippen LogP contribution < -0.4 is 11.5 Å². The van der Waals surface area contributed by atoms with Crippen LogP contribution in [0.3, 0.4) is 0 Å². The summed E-state index contributed by atoms with van der Waals surface area (Å²) in [5.74, 6) is -0.0719. The van der Waals surface area contributed by atoms with Crippen LogP contribution in [-0.2, 0) is 6.54 Å². The van der Waals surface area contributed by atoms with Crippen molar-refractivity contribution >= 4 is 5.82 Å². The zero-order valence-electron chi connectivity index (χ0n) is 7.17. The lowest BCUT2D eigenvalue weighted by Gasteiger charge is -2.09. The van der Waals surface area contributed by atoms with E-state index in [1.54, 1.807) is 6.07 Å². The van der Waals surface area contributed by atoms with Crippen LogP contribution in [0.5, 0.6) is 0 Å². The Labute approximate surface area is 79.1 Å². The highest BCUT2D eigenvalue weighted by Crippen LogP contribution is 2.26. The van der Waals surface area contributed by atoms with Gasteiger partial charge in [0, 0.05) is 18.3 Å². The topological polar surface area (TPSA) is 88.7 Å². The molecule has 14 heavy (non-hydrogen) atoms. The largest absolute Gasteiger partial charge is 0.383 e. The molecular weight excluding hydrogens is 190 g/mol. The van der Waals surface area contributed by atoms with E-state index in [1.165, 1.54) is 0 Å². The summed E-state index contributed by atoms with van der Waals surface area (Å²) in [5.41, 5.74) is 10.3. The zero-order chi connectivity index (χ0) is 10.7. The van der Waals surface area contributed by atoms with E-state index in [4.69, 9.17) is 16.7 Å². The van der Waals surface area contributed by atoms with Gasteiger partial charge in [-0.2, -0.15) is 5.26 Å². The first kappa shape index (κ1) is 10.3. The molecule has 74 valence electrons. The van der Waals surface area contributed by atoms with Crippen LogP contribution in [0.4, 0.5) is 14.6 Å². The second-order valence-corrected chi connectivity index (χ2v) is 2.57. The molecule has 0 spiro atoms. The molecule has 0 saturated carbocycles. The van der Waals surface area contributed by atoms with Gasteiger partial charge in [0.1, 0.15) is 11.9 Å². The van der Waals surface area contributed by atoms with Crippen LogP contribution in [0.25, 0.3) is 0 Å². The van der Waals surface area contributed by atoms with Gasteiger partial charge in [-0.1, -0.05) is 0 Å². The molecule has 0 amide bonds. The number of aromatic nitrogens is 1. The minimum atomic E-state index is -2.70. The number of nitrogens with two attached hydrogens (primary N) is 2. The minimum Gasteiger partial charge on any atom is -0.383 e. The summed E-state index contributed by atoms with van der Waals surface area (Å²) >= 11 is 0. The SMILES string of the molecule is N#Cc1c(N)ncc(C(F)F)c1CN. The second kappa shape index (κ2) is 3.98. The maximum atomic E-state index is 12.4. The van der Waals surface area contributed by atoms with E-state index >= 15 is 0 Å². The predicted molar refractivity (Wildman–Crippen MR) is 46.2 cm³/mol. The van der Waals surface area contributed by atoms with Crippen LogP contribution in [0.2, 0.25) is 0 Å². The number of rotatable bonds is 2. The fraction of sp³-hybridized carbons (Fsp3) is 0.250. The second-order valence-electron chi connectivity index (χ2n) is 2.57. The van der Waals surface area contributed by atoms with Gasteiger partial charge in [-0.15, -0.1) is 0 Å². The Balaban J connectivity index is 3.42. The number of nitrogens with zero attached hydrogens (tertiary/aromatic N) is 2. The summed E-state index contributed by atoms with van der Waals surface area (Å²) in [6.07, 6.45) is -1.75. The van der Waals surface area contributed by atoms with E-state index in [9.17, 15) is 8.78 Å². The molecule has 1 heterocycles. The average Bonchev–Trinajstić information content (AvgIpc) is 2.16. The van der Waals surface area contributed by atoms with E-state index in [2.05, 4.69) is 4.98 Å². The molecule has 0 aliphatic carbocycles. The fourth-order valence-corrected chi connectivity index (χ4v) is 1.11. The lowest BCUT2D eigenvalue weighted by molar-refractivity contribution is 0.150. The van der Waals surface area contributed by atoms with Gasteiger partial charge in [-0.25, -0.2) is 13.8 Å². The Morgan fingerprint density at radius 1 is 1.57 bits per heavy atom. The van der Waals surface area contributed by atoms with Crippen LogP contribution in [0.1, 0.15) is 23.1 Å². The van der Waals surface area contributed by atoms with Gasteiger partial charge >= 0.3 is 0 Å². The van der Waals surface area contributed by atoms with Gasteiger partial charge in [0.05, 0.1) is 5.56 Å². The predicted octanol–water partition coefficient (Wildman–Crippen LogP) is 0.932. The number of alkyl halides is 2. The van der Waals surface area contributed by atoms with Crippen molar-refractivity contribution in [2.24, 2.45) is 5.73 Å². The average molecular weight is 198 g/mol. The number of hydrogen-bond acceptors (Lipinski definition) is 4. The first-order valence-electron chi connectivity index (χ1n) is 3.77. The molecule has 0 radical (unpaired) electrons. The van der Waals surface area contributed by atoms with Gasteiger partial charge in [-0.3, -0.25) is 0 Å². The lowest BCUT2D eigenvalue weighted by atomic mass is 10.0. The molecule has 6 heteroatoms. The molecule has 0 atom stereocenters. The van der Waals surface area contributed by atoms with E-state index < -0.39 is 6.43 Å². The number of anilines is 1. The maximum absolute atomic E-state index is 12.4. The van der Waals surface area contributed by atoms with Gasteiger partial charge in [0.2, 0.25) is 0 Å². The number of nitriles is 1. The summed E-state index contributed by atoms with van der Waals surface area (Å²) in [5, 5.41) is 8.67. The van der Waals surface area contributed by atoms with Gasteiger partial charge in [0.25, 0.3) is 6.43 Å². The summed E-state index contributed by atoms with van der Waals surface area (Å²) in [6.45, 7) is -0.157. The highest BCUT2D eigenvalue weighted by atomic mass is 19.3. The van der Waals surface area contributed by atoms with Crippen molar-refractivity contribution in [3.63, 3.8) is 0 Å². The maximum Gasteiger partial charge on any atom is 0.265 e. The Morgan fingerprint density at radius 2 is 2.21 bits per heavy atom. The molecule has 0 aromatic carbocycles. The smallest absolute Gasteiger partial charge is 0.265 e. The number of halogens is 2. The highest BCUT2D eigenvalue weighted by molar-refractivity contribution is 5.55. The monoisotopic (exact) mass is 198 g/mol. The summed E-state index contributed by atoms with van der Waals surface area (Å²) < 4.78 is 24.8. The van der Waals surface area contributed by atoms with Crippen molar-refractivity contribution in [1.29, 1.82) is 5.26 Å². The van der Waals surface area contributed by atoms with Gasteiger partial charge in [-0.05, 0) is 5.56 Å². The van der Waals surface area contributed by atoms with Crippen LogP contribution in [-0.4, -0.2) is 4.98 Å². The van der Waals surface area contributed by atoms with Crippen molar-refractivity contribution in [2.75, 3.05) is 5.73 Å². The molecule has 0 bridgehead atoms. The van der Waals surface area contributed by atoms with E-state index in [1.807, 2.05) is 0 Å². The normalized spacial score (nSPS) is 10.2. The Hall–Kier alpha value is -1.74. The summed E-state index contributed by atoms with van der Waals surface area (Å²) in [6, 6.07) is 1.71. The lowest BCUT2D eigenvalue weighted by Crippen LogP contribution is -2.09. The zero-order valence-corrected chi connectivity index (χ0v) is 7.17. The first-order valence-corrected chi connectivity index (χ1v) is 3.77. The van der Waals surface area contributed by atoms with Crippen molar-refractivity contribution in [1.82, 2.24) is 4.98 Å². The Bertz CT molecular complexity index is 384. The van der Waals surface area contributed by atoms with Crippen LogP contribution in [0, 0.1) is 11.3 Å². The van der Waals surface area contributed by atoms with Gasteiger partial charge < -0.3 is 11.5 Å². The molecule has 0 unspecified atom stereocenters. The third kappa shape index (κ3) is 1.63. The third-order valence-corrected chi connectivity index (χ3v) is 1.80. The van der Waals surface area contributed by atoms with E-state index in [0.29, 0.717) is 0 Å². The number of hydrogen-bond donors (Lipinski definition) is 2. The van der Waals surface area contributed by atoms with Crippen molar-refractivity contribution in [2.45, 2.75) is 13.0 Å². The molecule has 0 fully saturated rings. The molecule has 1 aromatic heterocycles. The highest BCUT2D eigenvalue weighted by Gasteiger charge is 2.17. The third-order valence-electron chi connectivity index (χ3n) is 1.80. The standard InChI is InChI=1S/C8H8F2N4/c9-7(10)6-3-14-8(13)5(2-12)4(6)1-11/h3,7H,1,11H2,(H2,13,14). The summed E-state index contributed by atoms with van der Waals surface area (Å²) in [4.78, 5) is 3.50. The van der Waals surface area contributed by atoms with E-state index in [0.717, 1.165) is 6.20 Å². The van der Waals surface area contributed by atoms with Gasteiger partial charge in [0.15, 0.2) is 0 Å². The van der Waals surface area contributed by atoms with Crippen molar-refractivity contribution in [3.05, 3.63) is 22.9 Å². The molecule has 0 aliphatic rings. The Kier molecular flexibility index (Phi) is 2.94. The molecular formula is C8H8F2N4. The van der Waals surface area contributed by atoms with Crippen LogP contribution in [0.15, 0.2) is 6.20 Å². The molecule has 1 aromatic rings. The fourth-order valence-electron chi connectivity index (χ4n) is 1.11. The number of nitrogen functional groups attached to an aromatic ring is 1. The molecule has 4 nitrogen and oxygen atoms in total. The Morgan fingerprint density at radius 3 is 2.64 bits per heavy atom. The van der Waals surface area contributed by atoms with Crippen molar-refractivity contribution in [3.8, 4) is 6.07 Å². The molecule has 0 aliphatic heterocycles. The minimum absolute atomic E-state index is 0.0645. The molecule has 1 rings (SSSR count).